The van der Waals surface area contributed by atoms with Crippen LogP contribution in [0.5, 0.6) is 0 Å². The van der Waals surface area contributed by atoms with E-state index in [1.807, 2.05) is 24.3 Å². The number of fused-ring (bicyclic) bond motifs is 5. The molecule has 3 aromatic carbocycles. The highest BCUT2D eigenvalue weighted by Crippen LogP contribution is 2.55. The number of carbonyl (C=O) groups is 2. The summed E-state index contributed by atoms with van der Waals surface area (Å²) in [6.45, 7) is 0. The molecule has 4 atom stereocenters. The molecule has 1 saturated carbocycles. The van der Waals surface area contributed by atoms with Crippen LogP contribution in [0.4, 0.5) is 26.3 Å². The Labute approximate surface area is 206 Å². The van der Waals surface area contributed by atoms with Gasteiger partial charge < -0.3 is 9.47 Å². The van der Waals surface area contributed by atoms with Crippen molar-refractivity contribution in [3.05, 3.63) is 106 Å². The van der Waals surface area contributed by atoms with E-state index < -0.39 is 47.6 Å². The van der Waals surface area contributed by atoms with E-state index in [1.54, 1.807) is 0 Å². The van der Waals surface area contributed by atoms with Crippen molar-refractivity contribution in [2.24, 2.45) is 0 Å². The summed E-state index contributed by atoms with van der Waals surface area (Å²) < 4.78 is 88.5. The van der Waals surface area contributed by atoms with E-state index in [4.69, 9.17) is 9.47 Å². The van der Waals surface area contributed by atoms with E-state index in [0.717, 1.165) is 59.7 Å². The molecule has 2 aliphatic carbocycles. The van der Waals surface area contributed by atoms with E-state index in [9.17, 15) is 35.9 Å². The van der Waals surface area contributed by atoms with Crippen LogP contribution >= 0.6 is 0 Å². The summed E-state index contributed by atoms with van der Waals surface area (Å²) >= 11 is 0. The van der Waals surface area contributed by atoms with Gasteiger partial charge in [-0.3, -0.25) is 0 Å². The molecule has 0 heterocycles. The minimum absolute atomic E-state index is 0.100. The van der Waals surface area contributed by atoms with E-state index in [0.29, 0.717) is 6.42 Å². The second kappa shape index (κ2) is 8.93. The van der Waals surface area contributed by atoms with Gasteiger partial charge in [0, 0.05) is 11.8 Å². The summed E-state index contributed by atoms with van der Waals surface area (Å²) in [4.78, 5) is 25.7. The van der Waals surface area contributed by atoms with Gasteiger partial charge in [0.2, 0.25) is 0 Å². The molecule has 4 nitrogen and oxygen atoms in total. The number of halogens is 6. The first-order chi connectivity index (χ1) is 17.4. The number of ether oxygens (including phenoxy) is 2. The van der Waals surface area contributed by atoms with E-state index in [2.05, 4.69) is 0 Å². The average molecular weight is 520 g/mol. The number of hydrogen-bond donors (Lipinski definition) is 0. The third kappa shape index (κ3) is 4.68. The Balaban J connectivity index is 1.38. The zero-order valence-electron chi connectivity index (χ0n) is 18.8. The maximum Gasteiger partial charge on any atom is 0.416 e. The van der Waals surface area contributed by atoms with Gasteiger partial charge in [-0.1, -0.05) is 24.3 Å². The molecular formula is C27H18F6O4. The van der Waals surface area contributed by atoms with Crippen molar-refractivity contribution >= 4 is 11.9 Å². The Morgan fingerprint density at radius 3 is 1.27 bits per heavy atom. The van der Waals surface area contributed by atoms with Gasteiger partial charge in [-0.25, -0.2) is 9.59 Å². The molecule has 10 heteroatoms. The molecule has 0 amide bonds. The van der Waals surface area contributed by atoms with Crippen molar-refractivity contribution < 1.29 is 45.4 Å². The molecule has 1 fully saturated rings. The molecule has 0 saturated heterocycles. The predicted molar refractivity (Wildman–Crippen MR) is 118 cm³/mol. The summed E-state index contributed by atoms with van der Waals surface area (Å²) in [5.74, 6) is -2.38. The lowest BCUT2D eigenvalue weighted by Crippen LogP contribution is -2.39. The molecule has 3 aromatic rings. The van der Waals surface area contributed by atoms with E-state index in [-0.39, 0.29) is 23.0 Å². The highest BCUT2D eigenvalue weighted by molar-refractivity contribution is 5.90. The van der Waals surface area contributed by atoms with Crippen molar-refractivity contribution in [1.29, 1.82) is 0 Å². The number of benzene rings is 3. The first kappa shape index (κ1) is 24.9. The molecule has 0 radical (unpaired) electrons. The Morgan fingerprint density at radius 1 is 0.595 bits per heavy atom. The summed E-state index contributed by atoms with van der Waals surface area (Å²) in [7, 11) is 0. The van der Waals surface area contributed by atoms with Crippen LogP contribution < -0.4 is 0 Å². The molecule has 37 heavy (non-hydrogen) atoms. The molecule has 0 N–H and O–H groups in total. The van der Waals surface area contributed by atoms with E-state index in [1.165, 1.54) is 0 Å². The Kier molecular flexibility index (Phi) is 6.00. The lowest BCUT2D eigenvalue weighted by molar-refractivity contribution is -0.138. The lowest BCUT2D eigenvalue weighted by Gasteiger charge is -2.32. The lowest BCUT2D eigenvalue weighted by atomic mass is 9.87. The molecular weight excluding hydrogens is 502 g/mol. The largest absolute Gasteiger partial charge is 0.454 e. The normalized spacial score (nSPS) is 22.4. The zero-order valence-corrected chi connectivity index (χ0v) is 18.8. The first-order valence-corrected chi connectivity index (χ1v) is 11.3. The average Bonchev–Trinajstić information content (AvgIpc) is 3.40. The quantitative estimate of drug-likeness (QED) is 0.282. The van der Waals surface area contributed by atoms with Gasteiger partial charge in [0.1, 0.15) is 12.2 Å². The number of alkyl halides is 6. The van der Waals surface area contributed by atoms with Crippen LogP contribution in [-0.2, 0) is 21.8 Å². The number of esters is 2. The number of hydrogen-bond acceptors (Lipinski definition) is 4. The predicted octanol–water partition coefficient (Wildman–Crippen LogP) is 6.76. The fourth-order valence-electron chi connectivity index (χ4n) is 5.07. The minimum Gasteiger partial charge on any atom is -0.454 e. The molecule has 2 aliphatic rings. The van der Waals surface area contributed by atoms with Gasteiger partial charge in [-0.15, -0.1) is 0 Å². The molecule has 0 spiro atoms. The first-order valence-electron chi connectivity index (χ1n) is 11.3. The third-order valence-electron chi connectivity index (χ3n) is 6.80. The van der Waals surface area contributed by atoms with Gasteiger partial charge in [-0.05, 0) is 66.1 Å². The molecule has 2 bridgehead atoms. The minimum atomic E-state index is -4.56. The summed E-state index contributed by atoms with van der Waals surface area (Å²) in [5.41, 5.74) is -0.199. The molecule has 2 unspecified atom stereocenters. The fourth-order valence-corrected chi connectivity index (χ4v) is 5.07. The third-order valence-corrected chi connectivity index (χ3v) is 6.80. The van der Waals surface area contributed by atoms with Gasteiger partial charge in [-0.2, -0.15) is 26.3 Å². The Bertz CT molecular complexity index is 1230. The molecule has 0 aromatic heterocycles. The fraction of sp³-hybridized carbons (Fsp3) is 0.259. The number of carbonyl (C=O) groups excluding carboxylic acids is 2. The van der Waals surface area contributed by atoms with Crippen molar-refractivity contribution in [2.75, 3.05) is 0 Å². The SMILES string of the molecule is O=C(O[C@@H]1C2CC(c3ccccc32)[C@@H]1OC(=O)c1ccc(C(F)(F)F)cc1)c1ccc(C(F)(F)F)cc1. The van der Waals surface area contributed by atoms with Crippen LogP contribution in [-0.4, -0.2) is 24.1 Å². The maximum atomic E-state index is 12.9. The van der Waals surface area contributed by atoms with Gasteiger partial charge in [0.15, 0.2) is 0 Å². The van der Waals surface area contributed by atoms with Crippen molar-refractivity contribution in [3.8, 4) is 0 Å². The standard InChI is InChI=1S/C27H18F6O4/c28-26(29,30)16-9-5-14(6-10-16)24(34)36-22-20-13-21(19-4-2-1-3-18(19)20)23(22)37-25(35)15-7-11-17(12-8-15)27(31,32)33/h1-12,20-23H,13H2/t20?,21?,22-,23+. The van der Waals surface area contributed by atoms with Gasteiger partial charge in [0.25, 0.3) is 0 Å². The van der Waals surface area contributed by atoms with Crippen LogP contribution in [0.25, 0.3) is 0 Å². The molecule has 192 valence electrons. The van der Waals surface area contributed by atoms with Gasteiger partial charge >= 0.3 is 24.3 Å². The highest BCUT2D eigenvalue weighted by atomic mass is 19.4. The number of rotatable bonds is 4. The second-order valence-electron chi connectivity index (χ2n) is 8.97. The molecule has 0 aliphatic heterocycles. The van der Waals surface area contributed by atoms with Crippen LogP contribution in [0.2, 0.25) is 0 Å². The second-order valence-corrected chi connectivity index (χ2v) is 8.97. The smallest absolute Gasteiger partial charge is 0.416 e. The summed E-state index contributed by atoms with van der Waals surface area (Å²) in [6, 6.07) is 14.5. The summed E-state index contributed by atoms with van der Waals surface area (Å²) in [6.07, 6.45) is -10.5. The van der Waals surface area contributed by atoms with Crippen LogP contribution in [0.15, 0.2) is 72.8 Å². The van der Waals surface area contributed by atoms with E-state index >= 15 is 0 Å². The van der Waals surface area contributed by atoms with Crippen LogP contribution in [0.1, 0.15) is 61.2 Å². The van der Waals surface area contributed by atoms with Crippen molar-refractivity contribution in [3.63, 3.8) is 0 Å². The highest BCUT2D eigenvalue weighted by Gasteiger charge is 2.55. The van der Waals surface area contributed by atoms with Crippen molar-refractivity contribution in [2.45, 2.75) is 42.8 Å². The maximum absolute atomic E-state index is 12.9. The Morgan fingerprint density at radius 2 is 0.946 bits per heavy atom. The van der Waals surface area contributed by atoms with Crippen LogP contribution in [0.3, 0.4) is 0 Å². The summed E-state index contributed by atoms with van der Waals surface area (Å²) in [5, 5.41) is 0. The zero-order chi connectivity index (χ0) is 26.5. The van der Waals surface area contributed by atoms with Crippen molar-refractivity contribution in [1.82, 2.24) is 0 Å². The van der Waals surface area contributed by atoms with Gasteiger partial charge in [0.05, 0.1) is 22.3 Å². The Hall–Kier alpha value is -3.82. The molecule has 5 rings (SSSR count). The monoisotopic (exact) mass is 520 g/mol. The topological polar surface area (TPSA) is 52.6 Å². The van der Waals surface area contributed by atoms with Crippen LogP contribution in [0, 0.1) is 0 Å².